The summed E-state index contributed by atoms with van der Waals surface area (Å²) in [5.41, 5.74) is 3.01. The minimum absolute atomic E-state index is 0.376. The fraction of sp³-hybridized carbons (Fsp3) is 0.0870. The zero-order valence-corrected chi connectivity index (χ0v) is 18.6. The highest BCUT2D eigenvalue weighted by atomic mass is 79.9. The Labute approximate surface area is 188 Å². The predicted octanol–water partition coefficient (Wildman–Crippen LogP) is 7.41. The first kappa shape index (κ1) is 21.3. The third-order valence-corrected chi connectivity index (χ3v) is 5.32. The van der Waals surface area contributed by atoms with Crippen molar-refractivity contribution < 1.29 is 9.47 Å². The van der Waals surface area contributed by atoms with Crippen LogP contribution in [0.25, 0.3) is 11.6 Å². The Hall–Kier alpha value is -2.45. The molecule has 0 N–H and O–H groups in total. The van der Waals surface area contributed by atoms with Crippen molar-refractivity contribution in [2.75, 3.05) is 7.11 Å². The van der Waals surface area contributed by atoms with E-state index in [2.05, 4.69) is 22.0 Å². The van der Waals surface area contributed by atoms with Crippen LogP contribution in [0.5, 0.6) is 11.5 Å². The van der Waals surface area contributed by atoms with Crippen molar-refractivity contribution in [2.45, 2.75) is 6.61 Å². The number of rotatable bonds is 6. The van der Waals surface area contributed by atoms with E-state index in [1.54, 1.807) is 25.3 Å². The van der Waals surface area contributed by atoms with Gasteiger partial charge in [0, 0.05) is 14.5 Å². The number of halogens is 3. The molecule has 3 aromatic carbocycles. The summed E-state index contributed by atoms with van der Waals surface area (Å²) in [5.74, 6) is 1.16. The summed E-state index contributed by atoms with van der Waals surface area (Å²) >= 11 is 15.5. The lowest BCUT2D eigenvalue weighted by molar-refractivity contribution is 0.284. The SMILES string of the molecule is COc1cc(/C=C(\C#N)c2cccc(Cl)c2)c(Br)cc1OCc1ccc(Cl)cc1. The van der Waals surface area contributed by atoms with Crippen molar-refractivity contribution in [1.82, 2.24) is 0 Å². The highest BCUT2D eigenvalue weighted by Gasteiger charge is 2.11. The largest absolute Gasteiger partial charge is 0.493 e. The van der Waals surface area contributed by atoms with Crippen LogP contribution in [0.15, 0.2) is 65.1 Å². The van der Waals surface area contributed by atoms with Crippen LogP contribution < -0.4 is 9.47 Å². The zero-order valence-electron chi connectivity index (χ0n) is 15.5. The third-order valence-electron chi connectivity index (χ3n) is 4.15. The molecule has 3 aromatic rings. The van der Waals surface area contributed by atoms with Crippen molar-refractivity contribution in [3.05, 3.63) is 91.9 Å². The Morgan fingerprint density at radius 2 is 1.79 bits per heavy atom. The van der Waals surface area contributed by atoms with Gasteiger partial charge in [-0.3, -0.25) is 0 Å². The van der Waals surface area contributed by atoms with E-state index >= 15 is 0 Å². The lowest BCUT2D eigenvalue weighted by Crippen LogP contribution is -1.98. The summed E-state index contributed by atoms with van der Waals surface area (Å²) in [6, 6.07) is 20.5. The fourth-order valence-electron chi connectivity index (χ4n) is 2.67. The van der Waals surface area contributed by atoms with Gasteiger partial charge in [-0.25, -0.2) is 0 Å². The Bertz CT molecular complexity index is 1090. The number of nitriles is 1. The number of hydrogen-bond donors (Lipinski definition) is 0. The van der Waals surface area contributed by atoms with Gasteiger partial charge < -0.3 is 9.47 Å². The molecule has 6 heteroatoms. The molecular weight excluding hydrogens is 473 g/mol. The molecule has 29 heavy (non-hydrogen) atoms. The standard InChI is InChI=1S/C23H16BrCl2NO2/c1-28-22-11-17(9-18(13-27)16-3-2-4-20(26)10-16)21(24)12-23(22)29-14-15-5-7-19(25)8-6-15/h2-12H,14H2,1H3/b18-9+. The van der Waals surface area contributed by atoms with Gasteiger partial charge in [0.15, 0.2) is 11.5 Å². The van der Waals surface area contributed by atoms with Crippen LogP contribution in [-0.2, 0) is 6.61 Å². The second-order valence-electron chi connectivity index (χ2n) is 6.12. The molecule has 0 unspecified atom stereocenters. The molecule has 146 valence electrons. The van der Waals surface area contributed by atoms with Gasteiger partial charge in [0.05, 0.1) is 18.8 Å². The van der Waals surface area contributed by atoms with Crippen LogP contribution in [-0.4, -0.2) is 7.11 Å². The molecule has 0 aromatic heterocycles. The summed E-state index contributed by atoms with van der Waals surface area (Å²) in [6.45, 7) is 0.376. The van der Waals surface area contributed by atoms with E-state index in [0.717, 1.165) is 21.2 Å². The molecule has 0 fully saturated rings. The average Bonchev–Trinajstić information content (AvgIpc) is 2.72. The number of nitrogens with zero attached hydrogens (tertiary/aromatic N) is 1. The normalized spacial score (nSPS) is 11.1. The summed E-state index contributed by atoms with van der Waals surface area (Å²) in [4.78, 5) is 0. The highest BCUT2D eigenvalue weighted by Crippen LogP contribution is 2.36. The lowest BCUT2D eigenvalue weighted by Gasteiger charge is -2.13. The van der Waals surface area contributed by atoms with Gasteiger partial charge in [0.2, 0.25) is 0 Å². The summed E-state index contributed by atoms with van der Waals surface area (Å²) in [5, 5.41) is 10.8. The maximum atomic E-state index is 9.59. The molecule has 0 atom stereocenters. The molecule has 0 aliphatic rings. The first-order valence-corrected chi connectivity index (χ1v) is 10.2. The van der Waals surface area contributed by atoms with Crippen LogP contribution in [0.2, 0.25) is 10.0 Å². The first-order chi connectivity index (χ1) is 14.0. The Kier molecular flexibility index (Phi) is 7.22. The van der Waals surface area contributed by atoms with E-state index in [1.807, 2.05) is 48.5 Å². The zero-order chi connectivity index (χ0) is 20.8. The van der Waals surface area contributed by atoms with Gasteiger partial charge >= 0.3 is 0 Å². The number of hydrogen-bond acceptors (Lipinski definition) is 3. The van der Waals surface area contributed by atoms with Crippen LogP contribution in [0.4, 0.5) is 0 Å². The molecule has 0 aliphatic carbocycles. The smallest absolute Gasteiger partial charge is 0.162 e. The number of methoxy groups -OCH3 is 1. The van der Waals surface area contributed by atoms with Crippen molar-refractivity contribution in [3.63, 3.8) is 0 Å². The van der Waals surface area contributed by atoms with Crippen molar-refractivity contribution in [3.8, 4) is 17.6 Å². The van der Waals surface area contributed by atoms with Gasteiger partial charge in [-0.05, 0) is 59.2 Å². The Morgan fingerprint density at radius 1 is 1.03 bits per heavy atom. The molecule has 0 radical (unpaired) electrons. The van der Waals surface area contributed by atoms with Crippen molar-refractivity contribution in [1.29, 1.82) is 5.26 Å². The number of benzene rings is 3. The quantitative estimate of drug-likeness (QED) is 0.268. The topological polar surface area (TPSA) is 42.2 Å². The maximum absolute atomic E-state index is 9.59. The van der Waals surface area contributed by atoms with Crippen LogP contribution in [0.1, 0.15) is 16.7 Å². The molecular formula is C23H16BrCl2NO2. The van der Waals surface area contributed by atoms with Gasteiger partial charge in [0.1, 0.15) is 6.61 Å². The van der Waals surface area contributed by atoms with E-state index in [-0.39, 0.29) is 0 Å². The highest BCUT2D eigenvalue weighted by molar-refractivity contribution is 9.10. The average molecular weight is 489 g/mol. The minimum Gasteiger partial charge on any atom is -0.493 e. The Morgan fingerprint density at radius 3 is 2.45 bits per heavy atom. The van der Waals surface area contributed by atoms with Crippen molar-refractivity contribution in [2.24, 2.45) is 0 Å². The lowest BCUT2D eigenvalue weighted by atomic mass is 10.0. The summed E-state index contributed by atoms with van der Waals surface area (Å²) in [7, 11) is 1.58. The molecule has 0 bridgehead atoms. The summed E-state index contributed by atoms with van der Waals surface area (Å²) in [6.07, 6.45) is 1.78. The third kappa shape index (κ3) is 5.55. The molecule has 0 aliphatic heterocycles. The van der Waals surface area contributed by atoms with Gasteiger partial charge in [-0.1, -0.05) is 63.4 Å². The predicted molar refractivity (Wildman–Crippen MR) is 121 cm³/mol. The van der Waals surface area contributed by atoms with Gasteiger partial charge in [-0.15, -0.1) is 0 Å². The molecule has 3 rings (SSSR count). The van der Waals surface area contributed by atoms with Crippen LogP contribution >= 0.6 is 39.1 Å². The minimum atomic E-state index is 0.376. The Balaban J connectivity index is 1.89. The number of allylic oxidation sites excluding steroid dienone is 1. The van der Waals surface area contributed by atoms with Crippen LogP contribution in [0.3, 0.4) is 0 Å². The number of ether oxygens (including phenoxy) is 2. The van der Waals surface area contributed by atoms with E-state index in [0.29, 0.717) is 33.7 Å². The van der Waals surface area contributed by atoms with Crippen LogP contribution in [0, 0.1) is 11.3 Å². The second kappa shape index (κ2) is 9.84. The fourth-order valence-corrected chi connectivity index (χ4v) is 3.42. The van der Waals surface area contributed by atoms with Gasteiger partial charge in [-0.2, -0.15) is 5.26 Å². The van der Waals surface area contributed by atoms with E-state index in [9.17, 15) is 5.26 Å². The van der Waals surface area contributed by atoms with E-state index in [1.165, 1.54) is 0 Å². The molecule has 0 spiro atoms. The molecule has 0 heterocycles. The van der Waals surface area contributed by atoms with Gasteiger partial charge in [0.25, 0.3) is 0 Å². The second-order valence-corrected chi connectivity index (χ2v) is 7.85. The van der Waals surface area contributed by atoms with Crippen molar-refractivity contribution >= 4 is 50.8 Å². The van der Waals surface area contributed by atoms with E-state index in [4.69, 9.17) is 32.7 Å². The molecule has 3 nitrogen and oxygen atoms in total. The summed E-state index contributed by atoms with van der Waals surface area (Å²) < 4.78 is 12.2. The first-order valence-electron chi connectivity index (χ1n) is 8.62. The van der Waals surface area contributed by atoms with E-state index < -0.39 is 0 Å². The maximum Gasteiger partial charge on any atom is 0.162 e. The molecule has 0 saturated carbocycles. The monoisotopic (exact) mass is 487 g/mol. The molecule has 0 saturated heterocycles. The molecule has 0 amide bonds.